The van der Waals surface area contributed by atoms with Gasteiger partial charge in [-0.25, -0.2) is 9.97 Å². The van der Waals surface area contributed by atoms with Crippen molar-refractivity contribution < 1.29 is 17.9 Å². The minimum absolute atomic E-state index is 0.0443. The first-order valence-corrected chi connectivity index (χ1v) is 9.37. The molecule has 6 nitrogen and oxygen atoms in total. The second kappa shape index (κ2) is 6.36. The molecular formula is C17H16F3N5OS. The van der Waals surface area contributed by atoms with Crippen molar-refractivity contribution in [2.24, 2.45) is 7.05 Å². The van der Waals surface area contributed by atoms with Gasteiger partial charge in [0.15, 0.2) is 17.2 Å². The molecule has 27 heavy (non-hydrogen) atoms. The molecule has 1 unspecified atom stereocenters. The van der Waals surface area contributed by atoms with Gasteiger partial charge in [0.05, 0.1) is 5.69 Å². The molecule has 4 heterocycles. The fourth-order valence-corrected chi connectivity index (χ4v) is 3.83. The molecule has 142 valence electrons. The van der Waals surface area contributed by atoms with Crippen molar-refractivity contribution in [2.45, 2.75) is 37.4 Å². The van der Waals surface area contributed by atoms with Crippen molar-refractivity contribution in [3.63, 3.8) is 0 Å². The van der Waals surface area contributed by atoms with E-state index in [1.165, 1.54) is 0 Å². The number of nitrogens with zero attached hydrogens (tertiary/aromatic N) is 5. The summed E-state index contributed by atoms with van der Waals surface area (Å²) in [5.41, 5.74) is 0.790. The molecular weight excluding hydrogens is 379 g/mol. The Balaban J connectivity index is 1.89. The van der Waals surface area contributed by atoms with Gasteiger partial charge < -0.3 is 9.30 Å². The van der Waals surface area contributed by atoms with Crippen molar-refractivity contribution >= 4 is 22.9 Å². The number of imidazole rings is 1. The van der Waals surface area contributed by atoms with Crippen molar-refractivity contribution in [3.8, 4) is 17.3 Å². The Bertz CT molecular complexity index is 1030. The maximum Gasteiger partial charge on any atom is 0.435 e. The van der Waals surface area contributed by atoms with Gasteiger partial charge in [0.1, 0.15) is 23.1 Å². The van der Waals surface area contributed by atoms with E-state index in [2.05, 4.69) is 15.2 Å². The first-order valence-electron chi connectivity index (χ1n) is 8.39. The number of aromatic nitrogens is 5. The van der Waals surface area contributed by atoms with E-state index < -0.39 is 11.9 Å². The van der Waals surface area contributed by atoms with Gasteiger partial charge in [-0.3, -0.25) is 0 Å². The van der Waals surface area contributed by atoms with E-state index in [4.69, 9.17) is 9.72 Å². The van der Waals surface area contributed by atoms with E-state index in [0.717, 1.165) is 28.2 Å². The maximum absolute atomic E-state index is 12.9. The number of alkyl halides is 3. The normalized spacial score (nSPS) is 16.6. The summed E-state index contributed by atoms with van der Waals surface area (Å²) in [6.07, 6.45) is -3.84. The van der Waals surface area contributed by atoms with E-state index in [1.54, 1.807) is 23.4 Å². The number of rotatable bonds is 3. The fourth-order valence-electron chi connectivity index (χ4n) is 3.06. The molecule has 0 saturated heterocycles. The number of halogens is 3. The highest BCUT2D eigenvalue weighted by atomic mass is 32.2. The number of thioether (sulfide) groups is 1. The van der Waals surface area contributed by atoms with Crippen LogP contribution >= 0.6 is 11.8 Å². The first kappa shape index (κ1) is 18.0. The van der Waals surface area contributed by atoms with Gasteiger partial charge in [-0.05, 0) is 18.7 Å². The van der Waals surface area contributed by atoms with E-state index >= 15 is 0 Å². The standard InChI is InChI=1S/C17H16F3N5OS/c1-4-27-12-7-11-9(5-8(2)26-11)21-14(12)16-22-10-6-13(17(18,19)20)23-24-15(10)25(16)3/h6-8H,4-5H2,1-3H3. The highest BCUT2D eigenvalue weighted by Gasteiger charge is 2.34. The Labute approximate surface area is 157 Å². The molecule has 0 bridgehead atoms. The summed E-state index contributed by atoms with van der Waals surface area (Å²) in [6.45, 7) is 3.98. The molecule has 0 radical (unpaired) electrons. The van der Waals surface area contributed by atoms with Gasteiger partial charge >= 0.3 is 6.18 Å². The smallest absolute Gasteiger partial charge is 0.435 e. The van der Waals surface area contributed by atoms with E-state index in [0.29, 0.717) is 17.9 Å². The monoisotopic (exact) mass is 395 g/mol. The summed E-state index contributed by atoms with van der Waals surface area (Å²) < 4.78 is 46.2. The van der Waals surface area contributed by atoms with Crippen LogP contribution < -0.4 is 4.74 Å². The van der Waals surface area contributed by atoms with Crippen LogP contribution in [0, 0.1) is 0 Å². The third kappa shape index (κ3) is 3.11. The lowest BCUT2D eigenvalue weighted by molar-refractivity contribution is -0.141. The summed E-state index contributed by atoms with van der Waals surface area (Å²) in [4.78, 5) is 9.98. The summed E-state index contributed by atoms with van der Waals surface area (Å²) in [5, 5.41) is 7.02. The highest BCUT2D eigenvalue weighted by Crippen LogP contribution is 2.38. The lowest BCUT2D eigenvalue weighted by Gasteiger charge is -2.10. The van der Waals surface area contributed by atoms with Crippen LogP contribution in [0.3, 0.4) is 0 Å². The van der Waals surface area contributed by atoms with Crippen molar-refractivity contribution in [1.29, 1.82) is 0 Å². The Morgan fingerprint density at radius 3 is 2.74 bits per heavy atom. The van der Waals surface area contributed by atoms with Gasteiger partial charge in [-0.15, -0.1) is 22.0 Å². The van der Waals surface area contributed by atoms with Gasteiger partial charge in [-0.2, -0.15) is 13.2 Å². The molecule has 0 aliphatic carbocycles. The highest BCUT2D eigenvalue weighted by molar-refractivity contribution is 7.99. The van der Waals surface area contributed by atoms with Crippen molar-refractivity contribution in [1.82, 2.24) is 24.7 Å². The van der Waals surface area contributed by atoms with Crippen LogP contribution in [0.5, 0.6) is 5.75 Å². The zero-order valence-corrected chi connectivity index (χ0v) is 15.6. The number of hydrogen-bond acceptors (Lipinski definition) is 6. The molecule has 0 spiro atoms. The average Bonchev–Trinajstić information content (AvgIpc) is 3.12. The lowest BCUT2D eigenvalue weighted by atomic mass is 10.2. The predicted octanol–water partition coefficient (Wildman–Crippen LogP) is 3.88. The summed E-state index contributed by atoms with van der Waals surface area (Å²) in [7, 11) is 1.70. The van der Waals surface area contributed by atoms with Crippen molar-refractivity contribution in [3.05, 3.63) is 23.5 Å². The predicted molar refractivity (Wildman–Crippen MR) is 94.7 cm³/mol. The van der Waals surface area contributed by atoms with Crippen LogP contribution in [0.2, 0.25) is 0 Å². The first-order chi connectivity index (χ1) is 12.8. The van der Waals surface area contributed by atoms with Gasteiger partial charge in [0.25, 0.3) is 0 Å². The number of pyridine rings is 1. The molecule has 1 atom stereocenters. The Morgan fingerprint density at radius 1 is 1.26 bits per heavy atom. The van der Waals surface area contributed by atoms with Gasteiger partial charge in [0, 0.05) is 24.4 Å². The quantitative estimate of drug-likeness (QED) is 0.627. The largest absolute Gasteiger partial charge is 0.488 e. The summed E-state index contributed by atoms with van der Waals surface area (Å²) in [6, 6.07) is 2.85. The zero-order valence-electron chi connectivity index (χ0n) is 14.8. The lowest BCUT2D eigenvalue weighted by Crippen LogP contribution is -2.09. The summed E-state index contributed by atoms with van der Waals surface area (Å²) in [5.74, 6) is 2.02. The molecule has 1 aliphatic heterocycles. The van der Waals surface area contributed by atoms with Crippen LogP contribution in [0.1, 0.15) is 25.2 Å². The van der Waals surface area contributed by atoms with E-state index in [-0.39, 0.29) is 17.3 Å². The van der Waals surface area contributed by atoms with Crippen LogP contribution in [-0.2, 0) is 19.6 Å². The maximum atomic E-state index is 12.9. The molecule has 0 saturated carbocycles. The Hall–Kier alpha value is -2.36. The molecule has 3 aromatic heterocycles. The van der Waals surface area contributed by atoms with Gasteiger partial charge in [0.2, 0.25) is 0 Å². The molecule has 3 aromatic rings. The van der Waals surface area contributed by atoms with Gasteiger partial charge in [-0.1, -0.05) is 6.92 Å². The number of hydrogen-bond donors (Lipinski definition) is 0. The number of ether oxygens (including phenoxy) is 1. The molecule has 0 amide bonds. The van der Waals surface area contributed by atoms with Crippen molar-refractivity contribution in [2.75, 3.05) is 5.75 Å². The second-order valence-electron chi connectivity index (χ2n) is 6.28. The van der Waals surface area contributed by atoms with Crippen LogP contribution in [0.15, 0.2) is 17.0 Å². The topological polar surface area (TPSA) is 65.7 Å². The second-order valence-corrected chi connectivity index (χ2v) is 7.58. The van der Waals surface area contributed by atoms with Crippen LogP contribution in [0.4, 0.5) is 13.2 Å². The van der Waals surface area contributed by atoms with E-state index in [9.17, 15) is 13.2 Å². The molecule has 10 heteroatoms. The summed E-state index contributed by atoms with van der Waals surface area (Å²) >= 11 is 1.58. The Morgan fingerprint density at radius 2 is 2.04 bits per heavy atom. The number of fused-ring (bicyclic) bond motifs is 2. The van der Waals surface area contributed by atoms with Crippen LogP contribution in [-0.4, -0.2) is 36.6 Å². The third-order valence-corrected chi connectivity index (χ3v) is 5.17. The number of aryl methyl sites for hydroxylation is 1. The SMILES string of the molecule is CCSc1cc2c(nc1-c1nc3cc(C(F)(F)F)nnc3n1C)CC(C)O2. The minimum Gasteiger partial charge on any atom is -0.488 e. The zero-order chi connectivity index (χ0) is 19.3. The Kier molecular flexibility index (Phi) is 4.25. The molecule has 1 aliphatic rings. The van der Waals surface area contributed by atoms with E-state index in [1.807, 2.05) is 19.9 Å². The minimum atomic E-state index is -4.57. The molecule has 0 fully saturated rings. The average molecular weight is 395 g/mol. The molecule has 0 aromatic carbocycles. The van der Waals surface area contributed by atoms with Crippen LogP contribution in [0.25, 0.3) is 22.7 Å². The molecule has 0 N–H and O–H groups in total. The molecule has 4 rings (SSSR count). The fraction of sp³-hybridized carbons (Fsp3) is 0.412. The third-order valence-electron chi connectivity index (χ3n) is 4.25.